The molecule has 2 aromatic rings. The molecule has 0 heterocycles. The molecule has 27 heavy (non-hydrogen) atoms. The number of fused-ring (bicyclic) bond motifs is 1. The van der Waals surface area contributed by atoms with Gasteiger partial charge in [-0.2, -0.15) is 0 Å². The molecule has 0 bridgehead atoms. The maximum absolute atomic E-state index is 12.5. The maximum atomic E-state index is 12.5. The molecule has 3 heteroatoms. The SMILES string of the molecule is CCCN(CCC)CC1CCc2ccc(OC(=O)c3ccccc3C)cc21. The van der Waals surface area contributed by atoms with Crippen LogP contribution in [0.5, 0.6) is 5.75 Å². The smallest absolute Gasteiger partial charge is 0.343 e. The zero-order valence-corrected chi connectivity index (χ0v) is 16.8. The van der Waals surface area contributed by atoms with Crippen molar-refractivity contribution < 1.29 is 9.53 Å². The molecule has 144 valence electrons. The Hall–Kier alpha value is -2.13. The maximum Gasteiger partial charge on any atom is 0.343 e. The van der Waals surface area contributed by atoms with Gasteiger partial charge in [0.05, 0.1) is 5.56 Å². The lowest BCUT2D eigenvalue weighted by Crippen LogP contribution is -2.29. The highest BCUT2D eigenvalue weighted by atomic mass is 16.5. The molecule has 0 aliphatic heterocycles. The van der Waals surface area contributed by atoms with Gasteiger partial charge in [0.1, 0.15) is 5.75 Å². The normalized spacial score (nSPS) is 15.8. The summed E-state index contributed by atoms with van der Waals surface area (Å²) in [6, 6.07) is 13.7. The highest BCUT2D eigenvalue weighted by Crippen LogP contribution is 2.36. The third-order valence-electron chi connectivity index (χ3n) is 5.45. The lowest BCUT2D eigenvalue weighted by Gasteiger charge is -2.25. The Morgan fingerprint density at radius 1 is 1.11 bits per heavy atom. The predicted octanol–water partition coefficient (Wildman–Crippen LogP) is 5.37. The first-order valence-corrected chi connectivity index (χ1v) is 10.2. The third kappa shape index (κ3) is 4.78. The van der Waals surface area contributed by atoms with Crippen molar-refractivity contribution in [1.29, 1.82) is 0 Å². The number of aryl methyl sites for hydroxylation is 2. The fourth-order valence-corrected chi connectivity index (χ4v) is 4.12. The molecular formula is C24H31NO2. The number of carbonyl (C=O) groups is 1. The van der Waals surface area contributed by atoms with Crippen LogP contribution in [0.1, 0.15) is 66.1 Å². The van der Waals surface area contributed by atoms with Gasteiger partial charge in [0, 0.05) is 6.54 Å². The van der Waals surface area contributed by atoms with Crippen LogP contribution in [-0.4, -0.2) is 30.5 Å². The largest absolute Gasteiger partial charge is 0.423 e. The molecular weight excluding hydrogens is 334 g/mol. The number of benzene rings is 2. The highest BCUT2D eigenvalue weighted by Gasteiger charge is 2.25. The van der Waals surface area contributed by atoms with Crippen LogP contribution in [0, 0.1) is 6.92 Å². The van der Waals surface area contributed by atoms with Gasteiger partial charge < -0.3 is 9.64 Å². The van der Waals surface area contributed by atoms with Crippen LogP contribution >= 0.6 is 0 Å². The second-order valence-corrected chi connectivity index (χ2v) is 7.60. The van der Waals surface area contributed by atoms with Gasteiger partial charge >= 0.3 is 5.97 Å². The van der Waals surface area contributed by atoms with E-state index in [2.05, 4.69) is 30.9 Å². The van der Waals surface area contributed by atoms with E-state index in [4.69, 9.17) is 4.74 Å². The van der Waals surface area contributed by atoms with E-state index in [0.29, 0.717) is 17.2 Å². The second-order valence-electron chi connectivity index (χ2n) is 7.60. The van der Waals surface area contributed by atoms with Gasteiger partial charge in [-0.05, 0) is 86.5 Å². The number of esters is 1. The summed E-state index contributed by atoms with van der Waals surface area (Å²) in [7, 11) is 0. The molecule has 1 aliphatic carbocycles. The van der Waals surface area contributed by atoms with E-state index in [-0.39, 0.29) is 5.97 Å². The Bertz CT molecular complexity index is 778. The molecule has 0 N–H and O–H groups in total. The summed E-state index contributed by atoms with van der Waals surface area (Å²) in [6.07, 6.45) is 4.69. The van der Waals surface area contributed by atoms with Crippen molar-refractivity contribution in [2.24, 2.45) is 0 Å². The van der Waals surface area contributed by atoms with E-state index < -0.39 is 0 Å². The molecule has 0 saturated heterocycles. The van der Waals surface area contributed by atoms with Gasteiger partial charge in [-0.15, -0.1) is 0 Å². The molecule has 1 aliphatic rings. The molecule has 3 rings (SSSR count). The first-order chi connectivity index (χ1) is 13.1. The van der Waals surface area contributed by atoms with E-state index in [1.165, 1.54) is 30.4 Å². The lowest BCUT2D eigenvalue weighted by molar-refractivity contribution is 0.0734. The van der Waals surface area contributed by atoms with E-state index in [1.807, 2.05) is 37.3 Å². The van der Waals surface area contributed by atoms with Crippen LogP contribution in [0.3, 0.4) is 0 Å². The number of hydrogen-bond acceptors (Lipinski definition) is 3. The molecule has 0 saturated carbocycles. The Morgan fingerprint density at radius 2 is 1.85 bits per heavy atom. The Labute approximate surface area is 163 Å². The Kier molecular flexibility index (Phi) is 6.68. The molecule has 1 unspecified atom stereocenters. The molecule has 2 aromatic carbocycles. The zero-order valence-electron chi connectivity index (χ0n) is 16.8. The van der Waals surface area contributed by atoms with Gasteiger partial charge in [-0.25, -0.2) is 4.79 Å². The van der Waals surface area contributed by atoms with Crippen molar-refractivity contribution in [2.75, 3.05) is 19.6 Å². The lowest BCUT2D eigenvalue weighted by atomic mass is 10.00. The van der Waals surface area contributed by atoms with Gasteiger partial charge in [-0.3, -0.25) is 0 Å². The van der Waals surface area contributed by atoms with Crippen molar-refractivity contribution in [1.82, 2.24) is 4.90 Å². The van der Waals surface area contributed by atoms with Gasteiger partial charge in [0.25, 0.3) is 0 Å². The average molecular weight is 366 g/mol. The highest BCUT2D eigenvalue weighted by molar-refractivity contribution is 5.92. The Morgan fingerprint density at radius 3 is 2.56 bits per heavy atom. The van der Waals surface area contributed by atoms with Crippen molar-refractivity contribution in [3.63, 3.8) is 0 Å². The van der Waals surface area contributed by atoms with E-state index in [9.17, 15) is 4.79 Å². The minimum absolute atomic E-state index is 0.277. The van der Waals surface area contributed by atoms with Crippen molar-refractivity contribution >= 4 is 5.97 Å². The minimum Gasteiger partial charge on any atom is -0.423 e. The summed E-state index contributed by atoms with van der Waals surface area (Å²) < 4.78 is 5.70. The zero-order chi connectivity index (χ0) is 19.2. The number of hydrogen-bond donors (Lipinski definition) is 0. The summed E-state index contributed by atoms with van der Waals surface area (Å²) in [4.78, 5) is 15.1. The summed E-state index contributed by atoms with van der Waals surface area (Å²) in [6.45, 7) is 9.83. The van der Waals surface area contributed by atoms with Crippen LogP contribution in [0.4, 0.5) is 0 Å². The summed E-state index contributed by atoms with van der Waals surface area (Å²) in [5.41, 5.74) is 4.34. The summed E-state index contributed by atoms with van der Waals surface area (Å²) in [5, 5.41) is 0. The number of carbonyl (C=O) groups excluding carboxylic acids is 1. The van der Waals surface area contributed by atoms with Gasteiger partial charge in [0.15, 0.2) is 0 Å². The number of rotatable bonds is 8. The molecule has 0 fully saturated rings. The quantitative estimate of drug-likeness (QED) is 0.465. The fourth-order valence-electron chi connectivity index (χ4n) is 4.12. The third-order valence-corrected chi connectivity index (χ3v) is 5.45. The topological polar surface area (TPSA) is 29.5 Å². The fraction of sp³-hybridized carbons (Fsp3) is 0.458. The first-order valence-electron chi connectivity index (χ1n) is 10.2. The second kappa shape index (κ2) is 9.18. The Balaban J connectivity index is 1.74. The van der Waals surface area contributed by atoms with E-state index >= 15 is 0 Å². The van der Waals surface area contributed by atoms with Crippen LogP contribution in [0.2, 0.25) is 0 Å². The molecule has 0 aromatic heterocycles. The van der Waals surface area contributed by atoms with Gasteiger partial charge in [-0.1, -0.05) is 38.1 Å². The average Bonchev–Trinajstić information content (AvgIpc) is 3.04. The monoisotopic (exact) mass is 365 g/mol. The van der Waals surface area contributed by atoms with Crippen molar-refractivity contribution in [2.45, 2.75) is 52.4 Å². The van der Waals surface area contributed by atoms with Crippen molar-refractivity contribution in [3.8, 4) is 5.75 Å². The van der Waals surface area contributed by atoms with Gasteiger partial charge in [0.2, 0.25) is 0 Å². The van der Waals surface area contributed by atoms with E-state index in [0.717, 1.165) is 31.6 Å². The molecule has 0 spiro atoms. The molecule has 0 radical (unpaired) electrons. The van der Waals surface area contributed by atoms with Crippen LogP contribution in [-0.2, 0) is 6.42 Å². The van der Waals surface area contributed by atoms with Crippen molar-refractivity contribution in [3.05, 3.63) is 64.7 Å². The molecule has 3 nitrogen and oxygen atoms in total. The summed E-state index contributed by atoms with van der Waals surface area (Å²) >= 11 is 0. The number of nitrogens with zero attached hydrogens (tertiary/aromatic N) is 1. The first kappa shape index (κ1) is 19.6. The van der Waals surface area contributed by atoms with Crippen LogP contribution < -0.4 is 4.74 Å². The number of ether oxygens (including phenoxy) is 1. The van der Waals surface area contributed by atoms with Crippen LogP contribution in [0.15, 0.2) is 42.5 Å². The van der Waals surface area contributed by atoms with E-state index in [1.54, 1.807) is 0 Å². The minimum atomic E-state index is -0.277. The predicted molar refractivity (Wildman–Crippen MR) is 111 cm³/mol. The molecule has 0 amide bonds. The standard InChI is InChI=1S/C24H31NO2/c1-4-14-25(15-5-2)17-20-11-10-19-12-13-21(16-23(19)20)27-24(26)22-9-7-6-8-18(22)3/h6-9,12-13,16,20H,4-5,10-11,14-15,17H2,1-3H3. The van der Waals surface area contributed by atoms with Crippen LogP contribution in [0.25, 0.3) is 0 Å². The molecule has 1 atom stereocenters. The summed E-state index contributed by atoms with van der Waals surface area (Å²) in [5.74, 6) is 0.919.